The third-order valence-electron chi connectivity index (χ3n) is 3.62. The van der Waals surface area contributed by atoms with Gasteiger partial charge in [-0.2, -0.15) is 18.4 Å². The van der Waals surface area contributed by atoms with Gasteiger partial charge >= 0.3 is 6.18 Å². The number of rotatable bonds is 3. The van der Waals surface area contributed by atoms with Crippen LogP contribution in [0.4, 0.5) is 13.2 Å². The molecule has 2 aliphatic rings. The van der Waals surface area contributed by atoms with Crippen LogP contribution in [0.1, 0.15) is 32.6 Å². The van der Waals surface area contributed by atoms with E-state index in [0.29, 0.717) is 25.7 Å². The van der Waals surface area contributed by atoms with Crippen molar-refractivity contribution in [2.24, 2.45) is 11.3 Å². The predicted molar refractivity (Wildman–Crippen MR) is 57.2 cm³/mol. The lowest BCUT2D eigenvalue weighted by molar-refractivity contribution is -0.171. The first-order chi connectivity index (χ1) is 8.27. The fourth-order valence-electron chi connectivity index (χ4n) is 2.66. The summed E-state index contributed by atoms with van der Waals surface area (Å²) in [5.41, 5.74) is -1.20. The largest absolute Gasteiger partial charge is 0.406 e. The fourth-order valence-corrected chi connectivity index (χ4v) is 2.66. The second-order valence-electron chi connectivity index (χ2n) is 5.49. The highest BCUT2D eigenvalue weighted by atomic mass is 19.4. The Labute approximate surface area is 104 Å². The highest BCUT2D eigenvalue weighted by Crippen LogP contribution is 2.48. The van der Waals surface area contributed by atoms with Gasteiger partial charge in [0, 0.05) is 6.04 Å². The van der Waals surface area contributed by atoms with E-state index in [1.54, 1.807) is 0 Å². The number of carbonyl (C=O) groups excluding carboxylic acids is 1. The van der Waals surface area contributed by atoms with Crippen molar-refractivity contribution >= 4 is 5.91 Å². The molecule has 6 heteroatoms. The summed E-state index contributed by atoms with van der Waals surface area (Å²) in [5, 5.41) is 9.10. The van der Waals surface area contributed by atoms with Gasteiger partial charge in [0.05, 0.1) is 6.07 Å². The van der Waals surface area contributed by atoms with Crippen LogP contribution in [0.3, 0.4) is 0 Å². The first-order valence-corrected chi connectivity index (χ1v) is 6.06. The van der Waals surface area contributed by atoms with Gasteiger partial charge < -0.3 is 4.90 Å². The molecule has 0 aliphatic heterocycles. The summed E-state index contributed by atoms with van der Waals surface area (Å²) < 4.78 is 37.4. The Hall–Kier alpha value is -1.25. The molecule has 100 valence electrons. The van der Waals surface area contributed by atoms with Crippen molar-refractivity contribution in [1.29, 1.82) is 5.26 Å². The Kier molecular flexibility index (Phi) is 3.04. The van der Waals surface area contributed by atoms with E-state index in [1.165, 1.54) is 0 Å². The zero-order valence-corrected chi connectivity index (χ0v) is 10.1. The summed E-state index contributed by atoms with van der Waals surface area (Å²) in [6.07, 6.45) is -2.42. The first kappa shape index (κ1) is 13.2. The minimum atomic E-state index is -4.40. The molecule has 0 bridgehead atoms. The van der Waals surface area contributed by atoms with Gasteiger partial charge in [0.2, 0.25) is 5.91 Å². The second kappa shape index (κ2) is 4.15. The minimum absolute atomic E-state index is 0.237. The van der Waals surface area contributed by atoms with E-state index >= 15 is 0 Å². The highest BCUT2D eigenvalue weighted by molar-refractivity contribution is 5.87. The van der Waals surface area contributed by atoms with Crippen molar-refractivity contribution in [3.8, 4) is 6.07 Å². The van der Waals surface area contributed by atoms with Gasteiger partial charge in [0.15, 0.2) is 0 Å². The van der Waals surface area contributed by atoms with Crippen LogP contribution in [0.25, 0.3) is 0 Å². The molecule has 1 amide bonds. The summed E-state index contributed by atoms with van der Waals surface area (Å²) in [7, 11) is 0. The van der Waals surface area contributed by atoms with Gasteiger partial charge in [0.25, 0.3) is 0 Å². The van der Waals surface area contributed by atoms with Gasteiger partial charge in [-0.1, -0.05) is 6.92 Å². The molecule has 2 aliphatic carbocycles. The summed E-state index contributed by atoms with van der Waals surface area (Å²) in [5.74, 6) is -0.386. The summed E-state index contributed by atoms with van der Waals surface area (Å²) in [6.45, 7) is 0.669. The van der Waals surface area contributed by atoms with Crippen LogP contribution in [0.5, 0.6) is 0 Å². The van der Waals surface area contributed by atoms with Gasteiger partial charge in [-0.3, -0.25) is 4.79 Å². The highest BCUT2D eigenvalue weighted by Gasteiger charge is 2.54. The Morgan fingerprint density at radius 1 is 1.44 bits per heavy atom. The number of alkyl halides is 3. The quantitative estimate of drug-likeness (QED) is 0.782. The molecule has 0 aromatic heterocycles. The number of hydrogen-bond donors (Lipinski definition) is 0. The average molecular weight is 260 g/mol. The molecule has 0 aromatic carbocycles. The van der Waals surface area contributed by atoms with E-state index in [1.807, 2.05) is 13.0 Å². The van der Waals surface area contributed by atoms with Crippen molar-refractivity contribution < 1.29 is 18.0 Å². The van der Waals surface area contributed by atoms with Crippen molar-refractivity contribution in [1.82, 2.24) is 4.90 Å². The zero-order valence-electron chi connectivity index (χ0n) is 10.1. The van der Waals surface area contributed by atoms with Crippen molar-refractivity contribution in [3.05, 3.63) is 0 Å². The lowest BCUT2D eigenvalue weighted by Gasteiger charge is -2.42. The van der Waals surface area contributed by atoms with Gasteiger partial charge in [-0.05, 0) is 31.6 Å². The van der Waals surface area contributed by atoms with E-state index < -0.39 is 24.0 Å². The van der Waals surface area contributed by atoms with Crippen molar-refractivity contribution in [3.63, 3.8) is 0 Å². The van der Waals surface area contributed by atoms with Gasteiger partial charge in [0.1, 0.15) is 12.0 Å². The van der Waals surface area contributed by atoms with E-state index in [4.69, 9.17) is 5.26 Å². The number of hydrogen-bond acceptors (Lipinski definition) is 2. The smallest absolute Gasteiger partial charge is 0.329 e. The van der Waals surface area contributed by atoms with Crippen LogP contribution in [-0.2, 0) is 4.79 Å². The molecule has 0 radical (unpaired) electrons. The molecule has 2 rings (SSSR count). The molecule has 0 aromatic rings. The predicted octanol–water partition coefficient (Wildman–Crippen LogP) is 2.48. The number of amides is 1. The maximum atomic E-state index is 12.5. The molecule has 0 saturated heterocycles. The molecule has 0 heterocycles. The summed E-state index contributed by atoms with van der Waals surface area (Å²) >= 11 is 0. The second-order valence-corrected chi connectivity index (χ2v) is 5.49. The molecule has 2 saturated carbocycles. The number of halogens is 3. The molecule has 2 fully saturated rings. The van der Waals surface area contributed by atoms with E-state index in [2.05, 4.69) is 0 Å². The Morgan fingerprint density at radius 2 is 2.00 bits per heavy atom. The third kappa shape index (κ3) is 2.45. The lowest BCUT2D eigenvalue weighted by atomic mass is 9.62. The molecular formula is C12H15F3N2O. The normalized spacial score (nSPS) is 31.4. The minimum Gasteiger partial charge on any atom is -0.329 e. The zero-order chi connectivity index (χ0) is 13.6. The van der Waals surface area contributed by atoms with Crippen molar-refractivity contribution in [2.45, 2.75) is 44.8 Å². The molecular weight excluding hydrogens is 245 g/mol. The van der Waals surface area contributed by atoms with Crippen LogP contribution in [0.2, 0.25) is 0 Å². The van der Waals surface area contributed by atoms with Gasteiger partial charge in [-0.25, -0.2) is 0 Å². The maximum Gasteiger partial charge on any atom is 0.406 e. The first-order valence-electron chi connectivity index (χ1n) is 6.06. The summed E-state index contributed by atoms with van der Waals surface area (Å²) in [4.78, 5) is 13.1. The number of carbonyl (C=O) groups is 1. The Bertz CT molecular complexity index is 389. The van der Waals surface area contributed by atoms with Crippen molar-refractivity contribution in [2.75, 3.05) is 6.54 Å². The van der Waals surface area contributed by atoms with Crippen LogP contribution >= 0.6 is 0 Å². The fraction of sp³-hybridized carbons (Fsp3) is 0.833. The standard InChI is InChI=1S/C12H15F3N2O/c1-8-4-11(5-8,6-16)10(18)17(9-2-3-9)7-12(13,14)15/h8-9H,2-5,7H2,1H3. The van der Waals surface area contributed by atoms with Crippen LogP contribution in [-0.4, -0.2) is 29.6 Å². The molecule has 0 N–H and O–H groups in total. The SMILES string of the molecule is CC1CC(C#N)(C(=O)N(CC(F)(F)F)C2CC2)C1. The molecule has 0 unspecified atom stereocenters. The monoisotopic (exact) mass is 260 g/mol. The molecule has 0 spiro atoms. The third-order valence-corrected chi connectivity index (χ3v) is 3.62. The number of nitrogens with zero attached hydrogens (tertiary/aromatic N) is 2. The van der Waals surface area contributed by atoms with Crippen LogP contribution in [0, 0.1) is 22.7 Å². The Balaban J connectivity index is 2.12. The molecule has 3 nitrogen and oxygen atoms in total. The van der Waals surface area contributed by atoms with Gasteiger partial charge in [-0.15, -0.1) is 0 Å². The molecule has 18 heavy (non-hydrogen) atoms. The topological polar surface area (TPSA) is 44.1 Å². The maximum absolute atomic E-state index is 12.5. The van der Waals surface area contributed by atoms with Crippen LogP contribution in [0.15, 0.2) is 0 Å². The van der Waals surface area contributed by atoms with Crippen LogP contribution < -0.4 is 0 Å². The van der Waals surface area contributed by atoms with E-state index in [-0.39, 0.29) is 12.0 Å². The molecule has 0 atom stereocenters. The summed E-state index contributed by atoms with van der Waals surface area (Å²) in [6, 6.07) is 1.62. The Morgan fingerprint density at radius 3 is 2.33 bits per heavy atom. The van der Waals surface area contributed by atoms with E-state index in [0.717, 1.165) is 4.90 Å². The lowest BCUT2D eigenvalue weighted by Crippen LogP contribution is -2.53. The average Bonchev–Trinajstić information content (AvgIpc) is 3.02. The number of nitriles is 1. The van der Waals surface area contributed by atoms with E-state index in [9.17, 15) is 18.0 Å².